The van der Waals surface area contributed by atoms with E-state index in [4.69, 9.17) is 0 Å². The van der Waals surface area contributed by atoms with Crippen molar-refractivity contribution in [2.75, 3.05) is 6.26 Å². The Morgan fingerprint density at radius 3 is 2.83 bits per heavy atom. The molecule has 0 amide bonds. The lowest BCUT2D eigenvalue weighted by Crippen LogP contribution is -2.21. The minimum atomic E-state index is 0.00824. The highest BCUT2D eigenvalue weighted by Gasteiger charge is 2.07. The standard InChI is InChI=1S/C13H17N3OS/c1-9(2)6-7-16-11(17)5-4-10-8-14-13(18-3)15-12(10)16/h4-5,8-9H,6-7H2,1-3H3. The number of hydrogen-bond donors (Lipinski definition) is 0. The van der Waals surface area contributed by atoms with Gasteiger partial charge in [-0.1, -0.05) is 25.6 Å². The zero-order valence-corrected chi connectivity index (χ0v) is 11.7. The van der Waals surface area contributed by atoms with E-state index in [0.717, 1.165) is 17.5 Å². The maximum atomic E-state index is 11.9. The van der Waals surface area contributed by atoms with Crippen LogP contribution in [0.3, 0.4) is 0 Å². The number of pyridine rings is 1. The predicted molar refractivity (Wildman–Crippen MR) is 75.0 cm³/mol. The summed E-state index contributed by atoms with van der Waals surface area (Å²) in [6.07, 6.45) is 4.68. The van der Waals surface area contributed by atoms with Crippen molar-refractivity contribution in [3.8, 4) is 0 Å². The van der Waals surface area contributed by atoms with Crippen molar-refractivity contribution in [2.45, 2.75) is 32.0 Å². The zero-order valence-electron chi connectivity index (χ0n) is 10.9. The van der Waals surface area contributed by atoms with Gasteiger partial charge >= 0.3 is 0 Å². The van der Waals surface area contributed by atoms with Gasteiger partial charge in [0.2, 0.25) is 0 Å². The maximum Gasteiger partial charge on any atom is 0.252 e. The van der Waals surface area contributed by atoms with Crippen molar-refractivity contribution in [1.82, 2.24) is 14.5 Å². The molecule has 0 radical (unpaired) electrons. The molecular formula is C13H17N3OS. The quantitative estimate of drug-likeness (QED) is 0.628. The lowest BCUT2D eigenvalue weighted by Gasteiger charge is -2.10. The average molecular weight is 263 g/mol. The molecule has 0 N–H and O–H groups in total. The number of fused-ring (bicyclic) bond motifs is 1. The molecule has 0 atom stereocenters. The number of aryl methyl sites for hydroxylation is 1. The monoisotopic (exact) mass is 263 g/mol. The van der Waals surface area contributed by atoms with E-state index in [1.54, 1.807) is 22.9 Å². The number of thioether (sulfide) groups is 1. The highest BCUT2D eigenvalue weighted by molar-refractivity contribution is 7.98. The molecule has 96 valence electrons. The first-order valence-corrected chi connectivity index (χ1v) is 7.25. The van der Waals surface area contributed by atoms with Crippen LogP contribution in [0.15, 0.2) is 28.3 Å². The lowest BCUT2D eigenvalue weighted by molar-refractivity contribution is 0.514. The fourth-order valence-electron chi connectivity index (χ4n) is 1.76. The first-order chi connectivity index (χ1) is 8.61. The van der Waals surface area contributed by atoms with Gasteiger partial charge in [0.25, 0.3) is 5.56 Å². The first-order valence-electron chi connectivity index (χ1n) is 6.02. The van der Waals surface area contributed by atoms with Crippen LogP contribution >= 0.6 is 11.8 Å². The van der Waals surface area contributed by atoms with E-state index in [1.807, 2.05) is 6.26 Å². The molecule has 0 aromatic carbocycles. The van der Waals surface area contributed by atoms with E-state index in [2.05, 4.69) is 23.8 Å². The minimum Gasteiger partial charge on any atom is -0.293 e. The van der Waals surface area contributed by atoms with Gasteiger partial charge in [0.1, 0.15) is 5.65 Å². The van der Waals surface area contributed by atoms with Gasteiger partial charge < -0.3 is 0 Å². The highest BCUT2D eigenvalue weighted by Crippen LogP contribution is 2.14. The van der Waals surface area contributed by atoms with Crippen molar-refractivity contribution in [3.63, 3.8) is 0 Å². The maximum absolute atomic E-state index is 11.9. The second-order valence-corrected chi connectivity index (χ2v) is 5.41. The fraction of sp³-hybridized carbons (Fsp3) is 0.462. The van der Waals surface area contributed by atoms with Crippen LogP contribution < -0.4 is 5.56 Å². The zero-order chi connectivity index (χ0) is 13.1. The molecular weight excluding hydrogens is 246 g/mol. The van der Waals surface area contributed by atoms with Crippen LogP contribution in [0, 0.1) is 5.92 Å². The fourth-order valence-corrected chi connectivity index (χ4v) is 2.09. The Morgan fingerprint density at radius 2 is 2.17 bits per heavy atom. The second kappa shape index (κ2) is 5.52. The topological polar surface area (TPSA) is 47.8 Å². The minimum absolute atomic E-state index is 0.00824. The molecule has 2 heterocycles. The molecule has 0 spiro atoms. The van der Waals surface area contributed by atoms with Crippen molar-refractivity contribution < 1.29 is 0 Å². The van der Waals surface area contributed by atoms with Gasteiger partial charge in [-0.25, -0.2) is 9.97 Å². The Labute approximate surface area is 110 Å². The predicted octanol–water partition coefficient (Wildman–Crippen LogP) is 2.56. The summed E-state index contributed by atoms with van der Waals surface area (Å²) in [7, 11) is 0. The molecule has 5 heteroatoms. The summed E-state index contributed by atoms with van der Waals surface area (Å²) in [5, 5.41) is 1.61. The third-order valence-electron chi connectivity index (χ3n) is 2.81. The van der Waals surface area contributed by atoms with Gasteiger partial charge in [-0.05, 0) is 24.7 Å². The summed E-state index contributed by atoms with van der Waals surface area (Å²) in [6.45, 7) is 5.01. The molecule has 0 aliphatic carbocycles. The molecule has 4 nitrogen and oxygen atoms in total. The number of aromatic nitrogens is 3. The highest BCUT2D eigenvalue weighted by atomic mass is 32.2. The molecule has 0 aliphatic rings. The van der Waals surface area contributed by atoms with Gasteiger partial charge in [0.05, 0.1) is 0 Å². The summed E-state index contributed by atoms with van der Waals surface area (Å²) in [5.41, 5.74) is 0.747. The summed E-state index contributed by atoms with van der Waals surface area (Å²) in [4.78, 5) is 20.6. The van der Waals surface area contributed by atoms with Crippen LogP contribution in [0.5, 0.6) is 0 Å². The van der Waals surface area contributed by atoms with Crippen LogP contribution in [-0.4, -0.2) is 20.8 Å². The summed E-state index contributed by atoms with van der Waals surface area (Å²) < 4.78 is 1.75. The molecule has 0 saturated heterocycles. The van der Waals surface area contributed by atoms with Gasteiger partial charge in [-0.15, -0.1) is 0 Å². The molecule has 2 aromatic rings. The summed E-state index contributed by atoms with van der Waals surface area (Å²) in [6, 6.07) is 3.37. The second-order valence-electron chi connectivity index (χ2n) is 4.64. The molecule has 0 bridgehead atoms. The van der Waals surface area contributed by atoms with E-state index in [1.165, 1.54) is 11.8 Å². The largest absolute Gasteiger partial charge is 0.293 e. The number of rotatable bonds is 4. The number of nitrogens with zero attached hydrogens (tertiary/aromatic N) is 3. The van der Waals surface area contributed by atoms with Crippen LogP contribution in [0.1, 0.15) is 20.3 Å². The Balaban J connectivity index is 2.53. The van der Waals surface area contributed by atoms with E-state index in [0.29, 0.717) is 17.6 Å². The van der Waals surface area contributed by atoms with Crippen LogP contribution in [0.25, 0.3) is 11.0 Å². The summed E-state index contributed by atoms with van der Waals surface area (Å²) >= 11 is 1.48. The number of hydrogen-bond acceptors (Lipinski definition) is 4. The third-order valence-corrected chi connectivity index (χ3v) is 3.38. The third kappa shape index (κ3) is 2.72. The molecule has 0 fully saturated rings. The molecule has 0 aliphatic heterocycles. The van der Waals surface area contributed by atoms with Crippen LogP contribution in [0.4, 0.5) is 0 Å². The average Bonchev–Trinajstić information content (AvgIpc) is 2.36. The molecule has 0 saturated carbocycles. The van der Waals surface area contributed by atoms with Gasteiger partial charge in [0, 0.05) is 24.2 Å². The Morgan fingerprint density at radius 1 is 1.39 bits per heavy atom. The van der Waals surface area contributed by atoms with Crippen molar-refractivity contribution >= 4 is 22.8 Å². The Bertz CT molecular complexity index is 607. The molecule has 18 heavy (non-hydrogen) atoms. The molecule has 2 rings (SSSR count). The van der Waals surface area contributed by atoms with E-state index >= 15 is 0 Å². The first kappa shape index (κ1) is 13.1. The van der Waals surface area contributed by atoms with Crippen molar-refractivity contribution in [2.24, 2.45) is 5.92 Å². The lowest BCUT2D eigenvalue weighted by atomic mass is 10.1. The molecule has 2 aromatic heterocycles. The van der Waals surface area contributed by atoms with Gasteiger partial charge in [-0.2, -0.15) is 0 Å². The van der Waals surface area contributed by atoms with E-state index < -0.39 is 0 Å². The Hall–Kier alpha value is -1.36. The van der Waals surface area contributed by atoms with E-state index in [9.17, 15) is 4.79 Å². The normalized spacial score (nSPS) is 11.3. The Kier molecular flexibility index (Phi) is 4.01. The van der Waals surface area contributed by atoms with Gasteiger partial charge in [-0.3, -0.25) is 9.36 Å². The van der Waals surface area contributed by atoms with Crippen LogP contribution in [-0.2, 0) is 6.54 Å². The summed E-state index contributed by atoms with van der Waals surface area (Å²) in [5.74, 6) is 0.564. The van der Waals surface area contributed by atoms with Crippen LogP contribution in [0.2, 0.25) is 0 Å². The van der Waals surface area contributed by atoms with E-state index in [-0.39, 0.29) is 5.56 Å². The SMILES string of the molecule is CSc1ncc2ccc(=O)n(CCC(C)C)c2n1. The van der Waals surface area contributed by atoms with Gasteiger partial charge in [0.15, 0.2) is 5.16 Å². The van der Waals surface area contributed by atoms with Crippen molar-refractivity contribution in [3.05, 3.63) is 28.7 Å². The molecule has 0 unspecified atom stereocenters. The smallest absolute Gasteiger partial charge is 0.252 e. The van der Waals surface area contributed by atoms with Crippen molar-refractivity contribution in [1.29, 1.82) is 0 Å².